The van der Waals surface area contributed by atoms with Crippen molar-refractivity contribution in [3.8, 4) is 5.75 Å². The van der Waals surface area contributed by atoms with Gasteiger partial charge in [0.2, 0.25) is 5.91 Å². The number of amides is 1. The first-order valence-electron chi connectivity index (χ1n) is 8.96. The van der Waals surface area contributed by atoms with Gasteiger partial charge >= 0.3 is 0 Å². The van der Waals surface area contributed by atoms with Crippen molar-refractivity contribution in [3.05, 3.63) is 23.2 Å². The zero-order valence-electron chi connectivity index (χ0n) is 15.2. The third-order valence-corrected chi connectivity index (χ3v) is 7.16. The van der Waals surface area contributed by atoms with E-state index in [1.54, 1.807) is 23.1 Å². The Morgan fingerprint density at radius 2 is 1.96 bits per heavy atom. The lowest BCUT2D eigenvalue weighted by Crippen LogP contribution is -2.62. The molecule has 0 saturated carbocycles. The topological polar surface area (TPSA) is 66.9 Å². The highest BCUT2D eigenvalue weighted by Crippen LogP contribution is 2.35. The molecule has 2 aliphatic heterocycles. The molecule has 3 rings (SSSR count). The average molecular weight is 401 g/mol. The van der Waals surface area contributed by atoms with Crippen LogP contribution < -0.4 is 9.64 Å². The Balaban J connectivity index is 1.90. The summed E-state index contributed by atoms with van der Waals surface area (Å²) < 4.78 is 29.8. The van der Waals surface area contributed by atoms with Crippen LogP contribution in [0.4, 0.5) is 5.69 Å². The number of hydrogen-bond donors (Lipinski definition) is 0. The number of sulfone groups is 1. The Hall–Kier alpha value is -1.31. The number of halogens is 1. The molecule has 2 saturated heterocycles. The van der Waals surface area contributed by atoms with E-state index in [2.05, 4.69) is 11.8 Å². The quantitative estimate of drug-likeness (QED) is 0.686. The molecule has 2 fully saturated rings. The standard InChI is InChI=1S/C18H25ClN2O4S/c1-3-4-5-8-20-10-18(22)21(16-12-26(23,24)11-15(16)20)13-6-7-17(25-2)14(19)9-13/h6-7,9,15-16H,3-5,8,10-12H2,1-2H3. The van der Waals surface area contributed by atoms with Gasteiger partial charge in [0.25, 0.3) is 0 Å². The molecule has 144 valence electrons. The highest BCUT2D eigenvalue weighted by Gasteiger charge is 2.49. The molecule has 2 aliphatic rings. The highest BCUT2D eigenvalue weighted by molar-refractivity contribution is 7.91. The van der Waals surface area contributed by atoms with Crippen LogP contribution >= 0.6 is 11.6 Å². The van der Waals surface area contributed by atoms with E-state index in [9.17, 15) is 13.2 Å². The van der Waals surface area contributed by atoms with Gasteiger partial charge in [0, 0.05) is 11.7 Å². The van der Waals surface area contributed by atoms with Crippen LogP contribution in [0, 0.1) is 0 Å². The Morgan fingerprint density at radius 1 is 1.23 bits per heavy atom. The first kappa shape index (κ1) is 19.5. The van der Waals surface area contributed by atoms with Crippen molar-refractivity contribution in [3.63, 3.8) is 0 Å². The molecular formula is C18H25ClN2O4S. The summed E-state index contributed by atoms with van der Waals surface area (Å²) in [6.45, 7) is 3.12. The lowest BCUT2D eigenvalue weighted by molar-refractivity contribution is -0.123. The van der Waals surface area contributed by atoms with Gasteiger partial charge in [-0.05, 0) is 31.2 Å². The fourth-order valence-corrected chi connectivity index (χ4v) is 6.14. The van der Waals surface area contributed by atoms with Gasteiger partial charge in [-0.2, -0.15) is 0 Å². The van der Waals surface area contributed by atoms with Crippen LogP contribution in [0.1, 0.15) is 26.2 Å². The van der Waals surface area contributed by atoms with Gasteiger partial charge in [0.05, 0.1) is 36.2 Å². The van der Waals surface area contributed by atoms with Crippen LogP contribution in [-0.4, -0.2) is 63.0 Å². The molecule has 8 heteroatoms. The molecule has 2 unspecified atom stereocenters. The number of fused-ring (bicyclic) bond motifs is 1. The molecule has 1 amide bonds. The molecule has 26 heavy (non-hydrogen) atoms. The number of hydrogen-bond acceptors (Lipinski definition) is 5. The van der Waals surface area contributed by atoms with Crippen molar-refractivity contribution in [1.82, 2.24) is 4.90 Å². The number of benzene rings is 1. The molecule has 0 bridgehead atoms. The number of carbonyl (C=O) groups excluding carboxylic acids is 1. The minimum Gasteiger partial charge on any atom is -0.495 e. The van der Waals surface area contributed by atoms with E-state index in [1.165, 1.54) is 7.11 Å². The second-order valence-electron chi connectivity index (χ2n) is 6.97. The maximum atomic E-state index is 12.9. The predicted molar refractivity (Wildman–Crippen MR) is 103 cm³/mol. The fourth-order valence-electron chi connectivity index (χ4n) is 3.91. The lowest BCUT2D eigenvalue weighted by atomic mass is 10.0. The molecule has 0 radical (unpaired) electrons. The summed E-state index contributed by atoms with van der Waals surface area (Å²) in [7, 11) is -1.64. The summed E-state index contributed by atoms with van der Waals surface area (Å²) in [6, 6.07) is 4.62. The highest BCUT2D eigenvalue weighted by atomic mass is 35.5. The second kappa shape index (κ2) is 7.74. The Bertz CT molecular complexity index is 783. The molecule has 2 heterocycles. The summed E-state index contributed by atoms with van der Waals surface area (Å²) in [5.41, 5.74) is 0.626. The van der Waals surface area contributed by atoms with E-state index in [-0.39, 0.29) is 36.0 Å². The molecule has 1 aromatic carbocycles. The SMILES string of the molecule is CCCCCN1CC(=O)N(c2ccc(OC)c(Cl)c2)C2CS(=O)(=O)CC21. The number of carbonyl (C=O) groups is 1. The lowest BCUT2D eigenvalue weighted by Gasteiger charge is -2.43. The molecule has 6 nitrogen and oxygen atoms in total. The summed E-state index contributed by atoms with van der Waals surface area (Å²) in [6.07, 6.45) is 3.14. The van der Waals surface area contributed by atoms with Gasteiger partial charge in [-0.1, -0.05) is 31.4 Å². The molecule has 2 atom stereocenters. The van der Waals surface area contributed by atoms with Gasteiger partial charge in [0.15, 0.2) is 9.84 Å². The van der Waals surface area contributed by atoms with E-state index < -0.39 is 9.84 Å². The van der Waals surface area contributed by atoms with E-state index in [1.807, 2.05) is 0 Å². The molecule has 1 aromatic rings. The number of nitrogens with zero attached hydrogens (tertiary/aromatic N) is 2. The average Bonchev–Trinajstić information content (AvgIpc) is 2.90. The minimum absolute atomic E-state index is 0.00265. The molecular weight excluding hydrogens is 376 g/mol. The van der Waals surface area contributed by atoms with Crippen LogP contribution in [0.2, 0.25) is 5.02 Å². The maximum absolute atomic E-state index is 12.9. The van der Waals surface area contributed by atoms with E-state index in [0.717, 1.165) is 25.8 Å². The zero-order chi connectivity index (χ0) is 18.9. The summed E-state index contributed by atoms with van der Waals surface area (Å²) in [4.78, 5) is 16.5. The van der Waals surface area contributed by atoms with Gasteiger partial charge in [-0.25, -0.2) is 8.42 Å². The van der Waals surface area contributed by atoms with Gasteiger partial charge in [0.1, 0.15) is 5.75 Å². The number of ether oxygens (including phenoxy) is 1. The Labute approximate surface area is 160 Å². The largest absolute Gasteiger partial charge is 0.495 e. The van der Waals surface area contributed by atoms with Crippen molar-refractivity contribution in [2.24, 2.45) is 0 Å². The first-order valence-corrected chi connectivity index (χ1v) is 11.2. The predicted octanol–water partition coefficient (Wildman–Crippen LogP) is 2.35. The van der Waals surface area contributed by atoms with Crippen molar-refractivity contribution < 1.29 is 17.9 Å². The normalized spacial score (nSPS) is 25.3. The number of methoxy groups -OCH3 is 1. The number of anilines is 1. The van der Waals surface area contributed by atoms with Crippen LogP contribution in [0.25, 0.3) is 0 Å². The second-order valence-corrected chi connectivity index (χ2v) is 9.53. The zero-order valence-corrected chi connectivity index (χ0v) is 16.7. The number of rotatable bonds is 6. The van der Waals surface area contributed by atoms with Gasteiger partial charge < -0.3 is 9.64 Å². The summed E-state index contributed by atoms with van der Waals surface area (Å²) >= 11 is 6.22. The minimum atomic E-state index is -3.17. The number of piperazine rings is 1. The molecule has 0 N–H and O–H groups in total. The van der Waals surface area contributed by atoms with Crippen LogP contribution in [0.15, 0.2) is 18.2 Å². The van der Waals surface area contributed by atoms with Crippen LogP contribution in [0.5, 0.6) is 5.75 Å². The molecule has 0 spiro atoms. The van der Waals surface area contributed by atoms with Crippen LogP contribution in [0.3, 0.4) is 0 Å². The number of unbranched alkanes of at least 4 members (excludes halogenated alkanes) is 2. The maximum Gasteiger partial charge on any atom is 0.241 e. The first-order chi connectivity index (χ1) is 12.4. The monoisotopic (exact) mass is 400 g/mol. The smallest absolute Gasteiger partial charge is 0.241 e. The van der Waals surface area contributed by atoms with Crippen molar-refractivity contribution in [2.75, 3.05) is 36.6 Å². The van der Waals surface area contributed by atoms with Crippen LogP contribution in [-0.2, 0) is 14.6 Å². The molecule has 0 aromatic heterocycles. The van der Waals surface area contributed by atoms with E-state index in [0.29, 0.717) is 16.5 Å². The van der Waals surface area contributed by atoms with E-state index >= 15 is 0 Å². The van der Waals surface area contributed by atoms with Gasteiger partial charge in [-0.3, -0.25) is 9.69 Å². The third-order valence-electron chi connectivity index (χ3n) is 5.16. The van der Waals surface area contributed by atoms with Crippen molar-refractivity contribution >= 4 is 33.0 Å². The van der Waals surface area contributed by atoms with Crippen molar-refractivity contribution in [2.45, 2.75) is 38.3 Å². The Morgan fingerprint density at radius 3 is 2.62 bits per heavy atom. The van der Waals surface area contributed by atoms with Crippen molar-refractivity contribution in [1.29, 1.82) is 0 Å². The fraction of sp³-hybridized carbons (Fsp3) is 0.611. The third kappa shape index (κ3) is 3.85. The molecule has 0 aliphatic carbocycles. The Kier molecular flexibility index (Phi) is 5.79. The summed E-state index contributed by atoms with van der Waals surface area (Å²) in [5.74, 6) is 0.548. The van der Waals surface area contributed by atoms with Gasteiger partial charge in [-0.15, -0.1) is 0 Å². The summed E-state index contributed by atoms with van der Waals surface area (Å²) in [5, 5.41) is 0.403. The van der Waals surface area contributed by atoms with E-state index in [4.69, 9.17) is 16.3 Å².